The molecule has 3 heteroatoms. The molecule has 0 aromatic heterocycles. The molecule has 1 aromatic rings. The third-order valence-corrected chi connectivity index (χ3v) is 5.49. The Kier molecular flexibility index (Phi) is 7.56. The highest BCUT2D eigenvalue weighted by Gasteiger charge is 2.22. The van der Waals surface area contributed by atoms with E-state index in [9.17, 15) is 0 Å². The first-order valence-corrected chi connectivity index (χ1v) is 9.55. The Hall–Kier alpha value is -0.0500. The molecular weight excluding hydrogens is 346 g/mol. The van der Waals surface area contributed by atoms with Crippen molar-refractivity contribution in [1.29, 1.82) is 0 Å². The van der Waals surface area contributed by atoms with Gasteiger partial charge in [0.05, 0.1) is 0 Å². The number of halogens is 2. The normalized spacial score (nSPS) is 19.0. The van der Waals surface area contributed by atoms with E-state index >= 15 is 0 Å². The highest BCUT2D eigenvalue weighted by molar-refractivity contribution is 9.10. The maximum Gasteiger partial charge on any atom is 0.0449 e. The number of rotatable bonds is 5. The standard InChI is InChI=1S/C18H27BrClN/c1-2-21-18(14-8-6-4-3-5-7-9-14)12-15-10-11-16(19)13-17(15)20/h10-11,13-14,18,21H,2-9,12H2,1H3. The van der Waals surface area contributed by atoms with E-state index in [0.717, 1.165) is 28.4 Å². The summed E-state index contributed by atoms with van der Waals surface area (Å²) in [4.78, 5) is 0. The van der Waals surface area contributed by atoms with Gasteiger partial charge in [0.15, 0.2) is 0 Å². The van der Waals surface area contributed by atoms with Crippen LogP contribution in [0.25, 0.3) is 0 Å². The molecule has 1 N–H and O–H groups in total. The summed E-state index contributed by atoms with van der Waals surface area (Å²) in [7, 11) is 0. The minimum atomic E-state index is 0.562. The molecule has 0 bridgehead atoms. The first-order chi connectivity index (χ1) is 10.2. The van der Waals surface area contributed by atoms with Crippen molar-refractivity contribution in [2.75, 3.05) is 6.54 Å². The topological polar surface area (TPSA) is 12.0 Å². The second-order valence-corrected chi connectivity index (χ2v) is 7.53. The molecule has 1 aromatic carbocycles. The second kappa shape index (κ2) is 9.17. The maximum absolute atomic E-state index is 6.41. The van der Waals surface area contributed by atoms with Gasteiger partial charge in [-0.05, 0) is 49.4 Å². The molecule has 0 saturated heterocycles. The van der Waals surface area contributed by atoms with Gasteiger partial charge in [-0.2, -0.15) is 0 Å². The first kappa shape index (κ1) is 17.3. The zero-order valence-electron chi connectivity index (χ0n) is 13.0. The van der Waals surface area contributed by atoms with Gasteiger partial charge in [-0.3, -0.25) is 0 Å². The van der Waals surface area contributed by atoms with Crippen LogP contribution in [0.5, 0.6) is 0 Å². The molecule has 21 heavy (non-hydrogen) atoms. The first-order valence-electron chi connectivity index (χ1n) is 8.38. The lowest BCUT2D eigenvalue weighted by Crippen LogP contribution is -2.38. The molecule has 0 heterocycles. The molecule has 1 atom stereocenters. The van der Waals surface area contributed by atoms with Gasteiger partial charge in [0.25, 0.3) is 0 Å². The molecule has 0 spiro atoms. The van der Waals surface area contributed by atoms with Crippen molar-refractivity contribution in [2.24, 2.45) is 5.92 Å². The van der Waals surface area contributed by atoms with Crippen LogP contribution in [0, 0.1) is 5.92 Å². The van der Waals surface area contributed by atoms with Crippen molar-refractivity contribution in [3.05, 3.63) is 33.3 Å². The van der Waals surface area contributed by atoms with Gasteiger partial charge >= 0.3 is 0 Å². The Balaban J connectivity index is 2.06. The summed E-state index contributed by atoms with van der Waals surface area (Å²) in [6.07, 6.45) is 10.8. The van der Waals surface area contributed by atoms with E-state index < -0.39 is 0 Å². The predicted octanol–water partition coefficient (Wildman–Crippen LogP) is 5.98. The molecule has 0 amide bonds. The third-order valence-electron chi connectivity index (χ3n) is 4.64. The summed E-state index contributed by atoms with van der Waals surface area (Å²) >= 11 is 9.90. The van der Waals surface area contributed by atoms with E-state index in [2.05, 4.69) is 40.3 Å². The fourth-order valence-electron chi connectivity index (χ4n) is 3.48. The minimum Gasteiger partial charge on any atom is -0.314 e. The van der Waals surface area contributed by atoms with Crippen LogP contribution in [-0.4, -0.2) is 12.6 Å². The smallest absolute Gasteiger partial charge is 0.0449 e. The lowest BCUT2D eigenvalue weighted by Gasteiger charge is -2.30. The molecule has 1 aliphatic carbocycles. The van der Waals surface area contributed by atoms with Crippen molar-refractivity contribution in [3.8, 4) is 0 Å². The maximum atomic E-state index is 6.41. The highest BCUT2D eigenvalue weighted by atomic mass is 79.9. The molecule has 1 saturated carbocycles. The van der Waals surface area contributed by atoms with E-state index in [-0.39, 0.29) is 0 Å². The molecule has 1 unspecified atom stereocenters. The van der Waals surface area contributed by atoms with Gasteiger partial charge in [-0.15, -0.1) is 0 Å². The van der Waals surface area contributed by atoms with Crippen molar-refractivity contribution in [3.63, 3.8) is 0 Å². The molecule has 2 rings (SSSR count). The number of hydrogen-bond donors (Lipinski definition) is 1. The van der Waals surface area contributed by atoms with E-state index in [4.69, 9.17) is 11.6 Å². The molecule has 1 fully saturated rings. The Morgan fingerprint density at radius 1 is 1.19 bits per heavy atom. The second-order valence-electron chi connectivity index (χ2n) is 6.21. The summed E-state index contributed by atoms with van der Waals surface area (Å²) < 4.78 is 1.06. The number of nitrogens with one attached hydrogen (secondary N) is 1. The Morgan fingerprint density at radius 3 is 2.48 bits per heavy atom. The third kappa shape index (κ3) is 5.58. The van der Waals surface area contributed by atoms with E-state index in [1.807, 2.05) is 6.07 Å². The molecule has 1 aliphatic rings. The number of benzene rings is 1. The summed E-state index contributed by atoms with van der Waals surface area (Å²) in [6.45, 7) is 3.24. The average Bonchev–Trinajstić information content (AvgIpc) is 2.41. The predicted molar refractivity (Wildman–Crippen MR) is 96.1 cm³/mol. The molecular formula is C18H27BrClN. The van der Waals surface area contributed by atoms with Crippen LogP contribution in [0.15, 0.2) is 22.7 Å². The summed E-state index contributed by atoms with van der Waals surface area (Å²) in [5.41, 5.74) is 1.27. The van der Waals surface area contributed by atoms with E-state index in [1.54, 1.807) is 0 Å². The van der Waals surface area contributed by atoms with Crippen LogP contribution < -0.4 is 5.32 Å². The van der Waals surface area contributed by atoms with Crippen LogP contribution in [0.4, 0.5) is 0 Å². The monoisotopic (exact) mass is 371 g/mol. The number of hydrogen-bond acceptors (Lipinski definition) is 1. The van der Waals surface area contributed by atoms with Crippen LogP contribution >= 0.6 is 27.5 Å². The van der Waals surface area contributed by atoms with Gasteiger partial charge in [-0.25, -0.2) is 0 Å². The summed E-state index contributed by atoms with van der Waals surface area (Å²) in [5, 5.41) is 4.61. The van der Waals surface area contributed by atoms with Crippen LogP contribution in [-0.2, 0) is 6.42 Å². The minimum absolute atomic E-state index is 0.562. The number of likely N-dealkylation sites (N-methyl/N-ethyl adjacent to an activating group) is 1. The summed E-state index contributed by atoms with van der Waals surface area (Å²) in [6, 6.07) is 6.84. The van der Waals surface area contributed by atoms with Crippen molar-refractivity contribution < 1.29 is 0 Å². The van der Waals surface area contributed by atoms with Crippen molar-refractivity contribution in [2.45, 2.75) is 64.3 Å². The fourth-order valence-corrected chi connectivity index (χ4v) is 4.23. The van der Waals surface area contributed by atoms with Gasteiger partial charge in [-0.1, -0.05) is 72.6 Å². The lowest BCUT2D eigenvalue weighted by molar-refractivity contribution is 0.286. The van der Waals surface area contributed by atoms with E-state index in [1.165, 1.54) is 50.5 Å². The van der Waals surface area contributed by atoms with Crippen LogP contribution in [0.1, 0.15) is 57.4 Å². The fraction of sp³-hybridized carbons (Fsp3) is 0.667. The van der Waals surface area contributed by atoms with Gasteiger partial charge in [0.2, 0.25) is 0 Å². The van der Waals surface area contributed by atoms with Crippen molar-refractivity contribution >= 4 is 27.5 Å². The Bertz CT molecular complexity index is 427. The SMILES string of the molecule is CCNC(Cc1ccc(Br)cc1Cl)C1CCCCCCC1. The summed E-state index contributed by atoms with van der Waals surface area (Å²) in [5.74, 6) is 0.796. The zero-order valence-corrected chi connectivity index (χ0v) is 15.3. The molecule has 118 valence electrons. The quantitative estimate of drug-likeness (QED) is 0.670. The lowest BCUT2D eigenvalue weighted by atomic mass is 9.83. The molecule has 1 nitrogen and oxygen atoms in total. The van der Waals surface area contributed by atoms with Crippen LogP contribution in [0.2, 0.25) is 5.02 Å². The average molecular weight is 373 g/mol. The van der Waals surface area contributed by atoms with Crippen LogP contribution in [0.3, 0.4) is 0 Å². The van der Waals surface area contributed by atoms with Crippen molar-refractivity contribution in [1.82, 2.24) is 5.32 Å². The van der Waals surface area contributed by atoms with E-state index in [0.29, 0.717) is 6.04 Å². The Morgan fingerprint density at radius 2 is 1.86 bits per heavy atom. The van der Waals surface area contributed by atoms with Gasteiger partial charge in [0.1, 0.15) is 0 Å². The molecule has 0 radical (unpaired) electrons. The highest BCUT2D eigenvalue weighted by Crippen LogP contribution is 2.29. The van der Waals surface area contributed by atoms with Gasteiger partial charge in [0, 0.05) is 15.5 Å². The molecule has 0 aliphatic heterocycles. The van der Waals surface area contributed by atoms with Gasteiger partial charge < -0.3 is 5.32 Å². The Labute approximate surface area is 143 Å². The largest absolute Gasteiger partial charge is 0.314 e. The zero-order chi connectivity index (χ0) is 15.1.